The minimum Gasteiger partial charge on any atom is -0.457 e. The summed E-state index contributed by atoms with van der Waals surface area (Å²) in [7, 11) is 4.06. The maximum atomic E-state index is 13.4. The molecule has 10 rings (SSSR count). The van der Waals surface area contributed by atoms with E-state index in [1.165, 1.54) is 18.2 Å². The number of nitrogens with zero attached hydrogens (tertiary/aromatic N) is 8. The zero-order valence-electron chi connectivity index (χ0n) is 58.5. The Bertz CT molecular complexity index is 3920. The number of morpholine rings is 2. The number of para-hydroxylation sites is 1. The van der Waals surface area contributed by atoms with Crippen molar-refractivity contribution in [3.05, 3.63) is 194 Å². The molecule has 8 aromatic rings. The lowest BCUT2D eigenvalue weighted by atomic mass is 9.91. The molecular weight excluding hydrogens is 1260 g/mol. The van der Waals surface area contributed by atoms with Crippen molar-refractivity contribution in [2.24, 2.45) is 10.8 Å². The Kier molecular flexibility index (Phi) is 26.8. The second-order valence-corrected chi connectivity index (χ2v) is 26.3. The lowest BCUT2D eigenvalue weighted by Gasteiger charge is -2.31. The zero-order valence-corrected chi connectivity index (χ0v) is 58.5. The number of carbonyl (C=O) groups excluding carboxylic acids is 2. The van der Waals surface area contributed by atoms with Crippen LogP contribution in [-0.2, 0) is 35.0 Å². The third-order valence-corrected chi connectivity index (χ3v) is 16.7. The van der Waals surface area contributed by atoms with Gasteiger partial charge >= 0.3 is 0 Å². The number of likely N-dealkylation sites (N-methyl/N-ethyl adjacent to an activating group) is 2. The summed E-state index contributed by atoms with van der Waals surface area (Å²) < 4.78 is 47.7. The number of hydrogen-bond acceptors (Lipinski definition) is 20. The van der Waals surface area contributed by atoms with E-state index in [1.54, 1.807) is 24.3 Å². The molecule has 22 nitrogen and oxygen atoms in total. The Morgan fingerprint density at radius 1 is 0.520 bits per heavy atom. The van der Waals surface area contributed by atoms with Crippen LogP contribution in [0.2, 0.25) is 0 Å². The van der Waals surface area contributed by atoms with Crippen molar-refractivity contribution in [1.82, 2.24) is 29.7 Å². The standard InChI is InChI=1S/C78H94N12O10/c1-8-77(2,3)54-96-55-78(4,5)53-88(7)37-13-19-74(92)86-68-50-60(23-35-70(68)90-41-47-95-48-42-90)84-72-52-76(82-57-80-72)100-66-32-28-64(29-33-66)98-62-24-20-58(21-25-62)15-14-43-93-44-38-87(6)36-12-18-73(91)85-67-49-59(22-34-69(67)89-39-45-94-46-40-89)83-71-51-75(81-56-79-71)99-65-30-26-63(27-31-65)97-61-16-10-9-11-17-61/h9-13,16-35,49-52,56-57H,8,14-15,36-48,53-55H2,1-7H3,(H,85,91)(H,86,92)(H,79,81,83)(H,80,82,84). The van der Waals surface area contributed by atoms with E-state index in [1.807, 2.05) is 147 Å². The van der Waals surface area contributed by atoms with Gasteiger partial charge in [0.2, 0.25) is 23.6 Å². The highest BCUT2D eigenvalue weighted by atomic mass is 16.5. The molecule has 0 radical (unpaired) electrons. The minimum atomic E-state index is -0.241. The van der Waals surface area contributed by atoms with Gasteiger partial charge in [0, 0.05) is 100 Å². The predicted octanol–water partition coefficient (Wildman–Crippen LogP) is 14.6. The molecule has 22 heteroatoms. The number of nitrogens with one attached hydrogen (secondary N) is 4. The lowest BCUT2D eigenvalue weighted by molar-refractivity contribution is -0.112. The molecule has 2 aliphatic rings. The molecule has 0 aliphatic carbocycles. The van der Waals surface area contributed by atoms with Gasteiger partial charge in [0.1, 0.15) is 58.8 Å². The molecule has 4 heterocycles. The average molecular weight is 1360 g/mol. The van der Waals surface area contributed by atoms with Crippen LogP contribution in [0, 0.1) is 10.8 Å². The molecule has 2 saturated heterocycles. The smallest absolute Gasteiger partial charge is 0.248 e. The molecule has 0 spiro atoms. The Morgan fingerprint density at radius 3 is 1.46 bits per heavy atom. The molecule has 2 aromatic heterocycles. The van der Waals surface area contributed by atoms with Gasteiger partial charge in [-0.25, -0.2) is 19.9 Å². The molecule has 0 bridgehead atoms. The third kappa shape index (κ3) is 23.9. The van der Waals surface area contributed by atoms with Gasteiger partial charge in [-0.3, -0.25) is 9.59 Å². The molecule has 6 aromatic carbocycles. The van der Waals surface area contributed by atoms with Crippen LogP contribution in [0.1, 0.15) is 53.0 Å². The van der Waals surface area contributed by atoms with Crippen molar-refractivity contribution in [2.75, 3.05) is 150 Å². The van der Waals surface area contributed by atoms with Crippen molar-refractivity contribution in [1.29, 1.82) is 0 Å². The Hall–Kier alpha value is -9.94. The van der Waals surface area contributed by atoms with Crippen LogP contribution in [0.3, 0.4) is 0 Å². The molecule has 526 valence electrons. The van der Waals surface area contributed by atoms with Crippen molar-refractivity contribution < 1.29 is 47.5 Å². The highest BCUT2D eigenvalue weighted by Crippen LogP contribution is 2.35. The molecular formula is C78H94N12O10. The van der Waals surface area contributed by atoms with E-state index < -0.39 is 0 Å². The first-order chi connectivity index (χ1) is 48.5. The van der Waals surface area contributed by atoms with Crippen LogP contribution in [0.25, 0.3) is 0 Å². The van der Waals surface area contributed by atoms with Gasteiger partial charge in [0.25, 0.3) is 0 Å². The van der Waals surface area contributed by atoms with Crippen LogP contribution in [-0.4, -0.2) is 161 Å². The quantitative estimate of drug-likeness (QED) is 0.0212. The van der Waals surface area contributed by atoms with Crippen molar-refractivity contribution in [3.8, 4) is 46.3 Å². The molecule has 2 amide bonds. The van der Waals surface area contributed by atoms with Crippen LogP contribution in [0.4, 0.5) is 45.8 Å². The monoisotopic (exact) mass is 1360 g/mol. The number of aromatic nitrogens is 4. The molecule has 100 heavy (non-hydrogen) atoms. The summed E-state index contributed by atoms with van der Waals surface area (Å²) in [6, 6.07) is 47.5. The van der Waals surface area contributed by atoms with Crippen LogP contribution >= 0.6 is 0 Å². The molecule has 2 fully saturated rings. The lowest BCUT2D eigenvalue weighted by Crippen LogP contribution is -2.36. The van der Waals surface area contributed by atoms with Crippen LogP contribution < -0.4 is 50.0 Å². The van der Waals surface area contributed by atoms with Crippen LogP contribution in [0.15, 0.2) is 189 Å². The number of amides is 2. The van der Waals surface area contributed by atoms with Gasteiger partial charge in [-0.2, -0.15) is 0 Å². The third-order valence-electron chi connectivity index (χ3n) is 16.7. The maximum absolute atomic E-state index is 13.4. The summed E-state index contributed by atoms with van der Waals surface area (Å²) in [5.41, 5.74) is 5.89. The first kappa shape index (κ1) is 72.8. The van der Waals surface area contributed by atoms with Gasteiger partial charge in [0.15, 0.2) is 0 Å². The fourth-order valence-electron chi connectivity index (χ4n) is 11.1. The Labute approximate surface area is 587 Å². The van der Waals surface area contributed by atoms with E-state index in [2.05, 4.69) is 115 Å². The summed E-state index contributed by atoms with van der Waals surface area (Å²) in [6.07, 6.45) is 12.6. The van der Waals surface area contributed by atoms with E-state index in [0.717, 1.165) is 60.9 Å². The number of hydrogen-bond donors (Lipinski definition) is 4. The Morgan fingerprint density at radius 2 is 0.970 bits per heavy atom. The number of carbonyl (C=O) groups is 2. The number of rotatable bonds is 36. The van der Waals surface area contributed by atoms with Gasteiger partial charge < -0.3 is 78.8 Å². The highest BCUT2D eigenvalue weighted by molar-refractivity contribution is 6.03. The summed E-state index contributed by atoms with van der Waals surface area (Å²) in [5, 5.41) is 13.0. The summed E-state index contributed by atoms with van der Waals surface area (Å²) in [5.74, 6) is 5.26. The fourth-order valence-corrected chi connectivity index (χ4v) is 11.1. The number of benzene rings is 6. The van der Waals surface area contributed by atoms with Gasteiger partial charge in [-0.15, -0.1) is 0 Å². The SMILES string of the molecule is CCC(C)(C)COCC(C)(C)CN(C)CC=CC(=O)Nc1cc(Nc2cc(Oc3ccc(Oc4ccc(CCCOCCN(C)CC=CC(=O)Nc5cc(Nc6cc(Oc7ccc(Oc8ccccc8)cc7)ncn6)ccc5N5CCOCC5)cc4)cc3)ncn2)ccc1N1CCOCC1. The number of anilines is 8. The summed E-state index contributed by atoms with van der Waals surface area (Å²) in [4.78, 5) is 53.2. The predicted molar refractivity (Wildman–Crippen MR) is 394 cm³/mol. The number of aryl methyl sites for hydroxylation is 1. The average Bonchev–Trinajstić information content (AvgIpc) is 0.826. The number of ether oxygens (including phenoxy) is 8. The normalized spacial score (nSPS) is 13.6. The van der Waals surface area contributed by atoms with E-state index in [4.69, 9.17) is 37.9 Å². The van der Waals surface area contributed by atoms with E-state index >= 15 is 0 Å². The topological polar surface area (TPSA) is 221 Å². The van der Waals surface area contributed by atoms with E-state index in [0.29, 0.717) is 156 Å². The van der Waals surface area contributed by atoms with Gasteiger partial charge in [-0.1, -0.05) is 77.1 Å². The minimum absolute atomic E-state index is 0.0440. The highest BCUT2D eigenvalue weighted by Gasteiger charge is 2.24. The van der Waals surface area contributed by atoms with Crippen molar-refractivity contribution in [2.45, 2.75) is 53.9 Å². The molecule has 0 atom stereocenters. The second kappa shape index (κ2) is 36.8. The summed E-state index contributed by atoms with van der Waals surface area (Å²) >= 11 is 0. The first-order valence-corrected chi connectivity index (χ1v) is 34.2. The maximum Gasteiger partial charge on any atom is 0.248 e. The first-order valence-electron chi connectivity index (χ1n) is 34.2. The van der Waals surface area contributed by atoms with Gasteiger partial charge in [-0.05, 0) is 154 Å². The van der Waals surface area contributed by atoms with Crippen molar-refractivity contribution >= 4 is 57.6 Å². The van der Waals surface area contributed by atoms with Crippen molar-refractivity contribution in [3.63, 3.8) is 0 Å². The molecule has 0 unspecified atom stereocenters. The van der Waals surface area contributed by atoms with E-state index in [9.17, 15) is 9.59 Å². The van der Waals surface area contributed by atoms with E-state index in [-0.39, 0.29) is 22.6 Å². The Balaban J connectivity index is 0.623. The zero-order chi connectivity index (χ0) is 69.9. The van der Waals surface area contributed by atoms with Crippen LogP contribution in [0.5, 0.6) is 46.3 Å². The second-order valence-electron chi connectivity index (χ2n) is 26.3. The van der Waals surface area contributed by atoms with Gasteiger partial charge in [0.05, 0.1) is 69.0 Å². The largest absolute Gasteiger partial charge is 0.457 e. The fraction of sp³-hybridized carbons (Fsp3) is 0.359. The molecule has 2 aliphatic heterocycles. The summed E-state index contributed by atoms with van der Waals surface area (Å²) in [6.45, 7) is 21.6. The molecule has 0 saturated carbocycles. The molecule has 4 N–H and O–H groups in total.